The third kappa shape index (κ3) is 27.3. The molecular weight excluding hydrogens is 452 g/mol. The average molecular weight is 491 g/mol. The van der Waals surface area contributed by atoms with Crippen LogP contribution in [0.25, 0.3) is 0 Å². The molecule has 0 aromatic rings. The van der Waals surface area contributed by atoms with Gasteiger partial charge in [0.05, 0.1) is 99.1 Å². The highest BCUT2D eigenvalue weighted by Crippen LogP contribution is 1.98. The highest BCUT2D eigenvalue weighted by molar-refractivity contribution is 6.19. The summed E-state index contributed by atoms with van der Waals surface area (Å²) in [6.07, 6.45) is -0.817. The number of ether oxygens (including phenoxy) is 10. The van der Waals surface area contributed by atoms with Gasteiger partial charge in [0.25, 0.3) is 0 Å². The van der Waals surface area contributed by atoms with Crippen LogP contribution in [0, 0.1) is 0 Å². The van der Waals surface area contributed by atoms with Gasteiger partial charge >= 0.3 is 6.16 Å². The first-order valence-electron chi connectivity index (χ1n) is 10.7. The van der Waals surface area contributed by atoms with Crippen LogP contribution in [0.1, 0.15) is 6.92 Å². The molecule has 0 aliphatic heterocycles. The lowest BCUT2D eigenvalue weighted by Gasteiger charge is -2.09. The van der Waals surface area contributed by atoms with Crippen molar-refractivity contribution >= 4 is 17.8 Å². The van der Waals surface area contributed by atoms with Crippen LogP contribution in [-0.2, 0) is 47.4 Å². The largest absolute Gasteiger partial charge is 0.509 e. The predicted octanol–water partition coefficient (Wildman–Crippen LogP) is 1.49. The second-order valence-electron chi connectivity index (χ2n) is 6.04. The van der Waals surface area contributed by atoms with Gasteiger partial charge in [0.15, 0.2) is 5.56 Å². The quantitative estimate of drug-likeness (QED) is 0.105. The summed E-state index contributed by atoms with van der Waals surface area (Å²) >= 11 is 5.48. The Morgan fingerprint density at radius 2 is 0.844 bits per heavy atom. The molecule has 0 saturated heterocycles. The molecule has 12 heteroatoms. The first kappa shape index (κ1) is 31.2. The normalized spacial score (nSPS) is 12.1. The Hall–Kier alpha value is -0.760. The summed E-state index contributed by atoms with van der Waals surface area (Å²) in [5.41, 5.74) is -0.724. The fourth-order valence-corrected chi connectivity index (χ4v) is 1.99. The molecule has 0 aromatic heterocycles. The van der Waals surface area contributed by atoms with Crippen LogP contribution in [-0.4, -0.2) is 125 Å². The SMILES string of the molecule is COCCOCCOCCOCCOCCOCCOCCOCCOC(=O)OC(C)Cl. The number of hydrogen-bond donors (Lipinski definition) is 0. The van der Waals surface area contributed by atoms with E-state index in [9.17, 15) is 4.79 Å². The monoisotopic (exact) mass is 490 g/mol. The molecule has 0 spiro atoms. The first-order valence-corrected chi connectivity index (χ1v) is 11.1. The van der Waals surface area contributed by atoms with E-state index in [1.807, 2.05) is 0 Å². The minimum Gasteiger partial charge on any atom is -0.432 e. The van der Waals surface area contributed by atoms with Crippen LogP contribution in [0.2, 0.25) is 0 Å². The van der Waals surface area contributed by atoms with Crippen molar-refractivity contribution in [1.82, 2.24) is 0 Å². The van der Waals surface area contributed by atoms with Crippen LogP contribution in [0.4, 0.5) is 4.79 Å². The fraction of sp³-hybridized carbons (Fsp3) is 0.950. The number of carbonyl (C=O) groups is 1. The Kier molecular flexibility index (Phi) is 25.9. The molecule has 0 N–H and O–H groups in total. The van der Waals surface area contributed by atoms with Gasteiger partial charge in [0, 0.05) is 7.11 Å². The van der Waals surface area contributed by atoms with Crippen LogP contribution in [0.3, 0.4) is 0 Å². The Balaban J connectivity index is 3.06. The van der Waals surface area contributed by atoms with Crippen LogP contribution < -0.4 is 0 Å². The molecule has 0 aliphatic carbocycles. The van der Waals surface area contributed by atoms with Gasteiger partial charge in [0.1, 0.15) is 6.61 Å². The molecule has 1 atom stereocenters. The van der Waals surface area contributed by atoms with E-state index in [1.165, 1.54) is 6.92 Å². The zero-order chi connectivity index (χ0) is 23.5. The smallest absolute Gasteiger partial charge is 0.432 e. The van der Waals surface area contributed by atoms with Crippen LogP contribution in [0.5, 0.6) is 0 Å². The van der Waals surface area contributed by atoms with E-state index in [1.54, 1.807) is 7.11 Å². The summed E-state index contributed by atoms with van der Waals surface area (Å²) in [6, 6.07) is 0. The third-order valence-corrected chi connectivity index (χ3v) is 3.46. The molecule has 0 aromatic carbocycles. The zero-order valence-electron chi connectivity index (χ0n) is 19.3. The van der Waals surface area contributed by atoms with E-state index in [0.29, 0.717) is 92.5 Å². The lowest BCUT2D eigenvalue weighted by molar-refractivity contribution is -0.0242. The van der Waals surface area contributed by atoms with Gasteiger partial charge in [-0.1, -0.05) is 11.6 Å². The molecule has 0 saturated carbocycles. The molecule has 0 radical (unpaired) electrons. The highest BCUT2D eigenvalue weighted by Gasteiger charge is 2.06. The van der Waals surface area contributed by atoms with Crippen LogP contribution >= 0.6 is 11.6 Å². The summed E-state index contributed by atoms with van der Waals surface area (Å²) in [5.74, 6) is 0. The van der Waals surface area contributed by atoms with E-state index < -0.39 is 11.7 Å². The van der Waals surface area contributed by atoms with E-state index >= 15 is 0 Å². The maximum Gasteiger partial charge on any atom is 0.509 e. The van der Waals surface area contributed by atoms with E-state index in [4.69, 9.17) is 54.2 Å². The third-order valence-electron chi connectivity index (χ3n) is 3.37. The Bertz CT molecular complexity index is 389. The van der Waals surface area contributed by atoms with Crippen molar-refractivity contribution in [3.05, 3.63) is 0 Å². The maximum atomic E-state index is 11.0. The number of hydrogen-bond acceptors (Lipinski definition) is 11. The zero-order valence-corrected chi connectivity index (χ0v) is 20.0. The van der Waals surface area contributed by atoms with E-state index in [0.717, 1.165) is 0 Å². The molecule has 1 unspecified atom stereocenters. The number of halogens is 1. The van der Waals surface area contributed by atoms with Crippen molar-refractivity contribution in [2.24, 2.45) is 0 Å². The van der Waals surface area contributed by atoms with Crippen molar-refractivity contribution in [3.8, 4) is 0 Å². The first-order chi connectivity index (χ1) is 15.7. The van der Waals surface area contributed by atoms with Gasteiger partial charge in [-0.05, 0) is 6.92 Å². The topological polar surface area (TPSA) is 109 Å². The molecule has 32 heavy (non-hydrogen) atoms. The number of alkyl halides is 1. The van der Waals surface area contributed by atoms with Gasteiger partial charge in [0.2, 0.25) is 0 Å². The van der Waals surface area contributed by atoms with Gasteiger partial charge in [-0.15, -0.1) is 0 Å². The number of rotatable bonds is 25. The number of methoxy groups -OCH3 is 1. The molecule has 0 heterocycles. The van der Waals surface area contributed by atoms with Gasteiger partial charge in [-0.25, -0.2) is 4.79 Å². The van der Waals surface area contributed by atoms with Crippen molar-refractivity contribution in [1.29, 1.82) is 0 Å². The second-order valence-corrected chi connectivity index (χ2v) is 6.65. The molecule has 11 nitrogen and oxygen atoms in total. The Labute approximate surface area is 195 Å². The summed E-state index contributed by atoms with van der Waals surface area (Å²) in [4.78, 5) is 11.0. The molecule has 0 rings (SSSR count). The van der Waals surface area contributed by atoms with Crippen molar-refractivity contribution in [2.45, 2.75) is 12.5 Å². The van der Waals surface area contributed by atoms with Gasteiger partial charge < -0.3 is 47.4 Å². The predicted molar refractivity (Wildman–Crippen MR) is 115 cm³/mol. The van der Waals surface area contributed by atoms with Gasteiger partial charge in [-0.2, -0.15) is 0 Å². The summed E-state index contributed by atoms with van der Waals surface area (Å²) in [6.45, 7) is 8.90. The summed E-state index contributed by atoms with van der Waals surface area (Å²) < 4.78 is 51.6. The lowest BCUT2D eigenvalue weighted by Crippen LogP contribution is -2.16. The fourth-order valence-electron chi connectivity index (χ4n) is 1.91. The molecule has 0 bridgehead atoms. The Morgan fingerprint density at radius 3 is 1.12 bits per heavy atom. The summed E-state index contributed by atoms with van der Waals surface area (Å²) in [5, 5.41) is 0. The average Bonchev–Trinajstić information content (AvgIpc) is 2.76. The number of carbonyl (C=O) groups excluding carboxylic acids is 1. The van der Waals surface area contributed by atoms with Crippen molar-refractivity contribution < 1.29 is 52.2 Å². The second kappa shape index (κ2) is 26.5. The molecule has 0 amide bonds. The Morgan fingerprint density at radius 1 is 0.562 bits per heavy atom. The van der Waals surface area contributed by atoms with Crippen molar-refractivity contribution in [3.63, 3.8) is 0 Å². The maximum absolute atomic E-state index is 11.0. The highest BCUT2D eigenvalue weighted by atomic mass is 35.5. The van der Waals surface area contributed by atoms with Gasteiger partial charge in [-0.3, -0.25) is 0 Å². The molecule has 0 fully saturated rings. The standard InChI is InChI=1S/C20H39ClO11/c1-19(21)32-20(22)31-18-17-30-16-15-29-14-13-28-12-11-27-10-9-26-8-7-25-6-5-24-4-3-23-2/h19H,3-18H2,1-2H3. The molecule has 192 valence electrons. The van der Waals surface area contributed by atoms with Crippen molar-refractivity contribution in [2.75, 3.05) is 113 Å². The molecular formula is C20H39ClO11. The minimum absolute atomic E-state index is 0.0928. The van der Waals surface area contributed by atoms with Crippen LogP contribution in [0.15, 0.2) is 0 Å². The molecule has 0 aliphatic rings. The minimum atomic E-state index is -0.817. The lowest BCUT2D eigenvalue weighted by atomic mass is 10.6. The summed E-state index contributed by atoms with van der Waals surface area (Å²) in [7, 11) is 1.64. The van der Waals surface area contributed by atoms with E-state index in [2.05, 4.69) is 4.74 Å². The van der Waals surface area contributed by atoms with E-state index in [-0.39, 0.29) is 13.2 Å².